The molecule has 5 heteroatoms. The summed E-state index contributed by atoms with van der Waals surface area (Å²) in [5, 5.41) is 2.96. The molecule has 0 saturated carbocycles. The Hall–Kier alpha value is -2.56. The number of methoxy groups -OCH3 is 1. The maximum Gasteiger partial charge on any atom is 0.251 e. The highest BCUT2D eigenvalue weighted by Gasteiger charge is 2.11. The minimum Gasteiger partial charge on any atom is -0.497 e. The van der Waals surface area contributed by atoms with Crippen molar-refractivity contribution in [2.45, 2.75) is 33.2 Å². The standard InChI is InChI=1S/C20H27N3O2/c1-4-12-23(13-5-2)19-14-17(10-11-21-19)20(24)22-15-16-6-8-18(25-3)9-7-16/h6-11,14H,4-5,12-13,15H2,1-3H3,(H,22,24). The van der Waals surface area contributed by atoms with E-state index in [1.807, 2.05) is 30.3 Å². The van der Waals surface area contributed by atoms with Crippen LogP contribution in [0.25, 0.3) is 0 Å². The van der Waals surface area contributed by atoms with E-state index in [1.165, 1.54) is 0 Å². The molecule has 0 aliphatic carbocycles. The predicted octanol–water partition coefficient (Wildman–Crippen LogP) is 3.65. The van der Waals surface area contributed by atoms with Crippen LogP contribution in [-0.4, -0.2) is 31.1 Å². The Morgan fingerprint density at radius 1 is 1.12 bits per heavy atom. The third-order valence-electron chi connectivity index (χ3n) is 3.93. The molecule has 25 heavy (non-hydrogen) atoms. The molecule has 5 nitrogen and oxygen atoms in total. The van der Waals surface area contributed by atoms with Crippen LogP contribution in [0, 0.1) is 0 Å². The van der Waals surface area contributed by atoms with Crippen molar-refractivity contribution in [1.29, 1.82) is 0 Å². The van der Waals surface area contributed by atoms with Gasteiger partial charge in [0.2, 0.25) is 0 Å². The van der Waals surface area contributed by atoms with Gasteiger partial charge in [0.25, 0.3) is 5.91 Å². The van der Waals surface area contributed by atoms with Gasteiger partial charge in [0, 0.05) is 31.4 Å². The van der Waals surface area contributed by atoms with Gasteiger partial charge in [0.15, 0.2) is 0 Å². The number of benzene rings is 1. The van der Waals surface area contributed by atoms with Crippen LogP contribution >= 0.6 is 0 Å². The van der Waals surface area contributed by atoms with E-state index in [2.05, 4.69) is 29.0 Å². The number of pyridine rings is 1. The van der Waals surface area contributed by atoms with Gasteiger partial charge < -0.3 is 15.0 Å². The number of rotatable bonds is 9. The molecule has 1 aromatic heterocycles. The summed E-state index contributed by atoms with van der Waals surface area (Å²) < 4.78 is 5.14. The van der Waals surface area contributed by atoms with Gasteiger partial charge in [-0.1, -0.05) is 26.0 Å². The number of nitrogens with one attached hydrogen (secondary N) is 1. The van der Waals surface area contributed by atoms with Gasteiger partial charge in [0.1, 0.15) is 11.6 Å². The quantitative estimate of drug-likeness (QED) is 0.756. The van der Waals surface area contributed by atoms with Crippen molar-refractivity contribution < 1.29 is 9.53 Å². The first kappa shape index (κ1) is 18.8. The monoisotopic (exact) mass is 341 g/mol. The van der Waals surface area contributed by atoms with Crippen LogP contribution in [0.2, 0.25) is 0 Å². The molecular weight excluding hydrogens is 314 g/mol. The molecule has 0 saturated heterocycles. The van der Waals surface area contributed by atoms with Gasteiger partial charge in [-0.2, -0.15) is 0 Å². The van der Waals surface area contributed by atoms with Crippen molar-refractivity contribution in [2.24, 2.45) is 0 Å². The van der Waals surface area contributed by atoms with Crippen LogP contribution in [0.1, 0.15) is 42.6 Å². The Labute approximate surface area is 150 Å². The fourth-order valence-electron chi connectivity index (χ4n) is 2.64. The number of anilines is 1. The highest BCUT2D eigenvalue weighted by Crippen LogP contribution is 2.15. The smallest absolute Gasteiger partial charge is 0.251 e. The van der Waals surface area contributed by atoms with E-state index in [9.17, 15) is 4.79 Å². The van der Waals surface area contributed by atoms with Gasteiger partial charge >= 0.3 is 0 Å². The molecule has 0 spiro atoms. The van der Waals surface area contributed by atoms with Crippen molar-refractivity contribution in [3.63, 3.8) is 0 Å². The summed E-state index contributed by atoms with van der Waals surface area (Å²) in [5.41, 5.74) is 1.66. The van der Waals surface area contributed by atoms with E-state index in [0.29, 0.717) is 12.1 Å². The number of carbonyl (C=O) groups is 1. The molecule has 1 heterocycles. The second kappa shape index (κ2) is 9.67. The molecule has 2 rings (SSSR count). The van der Waals surface area contributed by atoms with E-state index in [-0.39, 0.29) is 5.91 Å². The normalized spacial score (nSPS) is 10.4. The SMILES string of the molecule is CCCN(CCC)c1cc(C(=O)NCc2ccc(OC)cc2)ccn1. The Morgan fingerprint density at radius 3 is 2.40 bits per heavy atom. The highest BCUT2D eigenvalue weighted by molar-refractivity contribution is 5.94. The molecule has 0 atom stereocenters. The Morgan fingerprint density at radius 2 is 1.80 bits per heavy atom. The van der Waals surface area contributed by atoms with E-state index >= 15 is 0 Å². The average Bonchev–Trinajstić information content (AvgIpc) is 2.66. The van der Waals surface area contributed by atoms with Crippen molar-refractivity contribution in [3.05, 3.63) is 53.7 Å². The van der Waals surface area contributed by atoms with E-state index < -0.39 is 0 Å². The molecule has 1 aromatic carbocycles. The molecule has 134 valence electrons. The van der Waals surface area contributed by atoms with Crippen LogP contribution < -0.4 is 15.0 Å². The second-order valence-electron chi connectivity index (χ2n) is 5.92. The fourth-order valence-corrected chi connectivity index (χ4v) is 2.64. The molecule has 0 bridgehead atoms. The maximum absolute atomic E-state index is 12.4. The van der Waals surface area contributed by atoms with Crippen LogP contribution in [0.5, 0.6) is 5.75 Å². The van der Waals surface area contributed by atoms with Crippen molar-refractivity contribution >= 4 is 11.7 Å². The van der Waals surface area contributed by atoms with Crippen LogP contribution in [0.4, 0.5) is 5.82 Å². The number of carbonyl (C=O) groups excluding carboxylic acids is 1. The van der Waals surface area contributed by atoms with E-state index in [1.54, 1.807) is 19.4 Å². The molecule has 0 radical (unpaired) electrons. The zero-order valence-corrected chi connectivity index (χ0v) is 15.3. The first-order valence-corrected chi connectivity index (χ1v) is 8.80. The Kier molecular flexibility index (Phi) is 7.26. The number of ether oxygens (including phenoxy) is 1. The fraction of sp³-hybridized carbons (Fsp3) is 0.400. The second-order valence-corrected chi connectivity index (χ2v) is 5.92. The Bertz CT molecular complexity index is 665. The maximum atomic E-state index is 12.4. The Balaban J connectivity index is 2.01. The topological polar surface area (TPSA) is 54.5 Å². The molecule has 1 N–H and O–H groups in total. The average molecular weight is 341 g/mol. The lowest BCUT2D eigenvalue weighted by Crippen LogP contribution is -2.27. The molecule has 1 amide bonds. The lowest BCUT2D eigenvalue weighted by atomic mass is 10.2. The number of hydrogen-bond acceptors (Lipinski definition) is 4. The zero-order chi connectivity index (χ0) is 18.1. The predicted molar refractivity (Wildman–Crippen MR) is 101 cm³/mol. The summed E-state index contributed by atoms with van der Waals surface area (Å²) in [6.45, 7) is 6.66. The molecule has 0 unspecified atom stereocenters. The van der Waals surface area contributed by atoms with Crippen molar-refractivity contribution in [1.82, 2.24) is 10.3 Å². The van der Waals surface area contributed by atoms with Gasteiger partial charge in [-0.25, -0.2) is 4.98 Å². The van der Waals surface area contributed by atoms with Gasteiger partial charge in [-0.15, -0.1) is 0 Å². The third kappa shape index (κ3) is 5.48. The lowest BCUT2D eigenvalue weighted by Gasteiger charge is -2.22. The highest BCUT2D eigenvalue weighted by atomic mass is 16.5. The molecule has 2 aromatic rings. The van der Waals surface area contributed by atoms with Crippen LogP contribution in [-0.2, 0) is 6.54 Å². The van der Waals surface area contributed by atoms with Gasteiger partial charge in [-0.05, 0) is 42.7 Å². The third-order valence-corrected chi connectivity index (χ3v) is 3.93. The van der Waals surface area contributed by atoms with Crippen LogP contribution in [0.15, 0.2) is 42.6 Å². The number of hydrogen-bond donors (Lipinski definition) is 1. The van der Waals surface area contributed by atoms with E-state index in [0.717, 1.165) is 43.1 Å². The summed E-state index contributed by atoms with van der Waals surface area (Å²) in [6.07, 6.45) is 3.81. The molecule has 0 aliphatic heterocycles. The van der Waals surface area contributed by atoms with E-state index in [4.69, 9.17) is 4.74 Å². The molecular formula is C20H27N3O2. The van der Waals surface area contributed by atoms with Gasteiger partial charge in [0.05, 0.1) is 7.11 Å². The first-order chi connectivity index (χ1) is 12.2. The lowest BCUT2D eigenvalue weighted by molar-refractivity contribution is 0.0951. The molecule has 0 aliphatic rings. The number of nitrogens with zero attached hydrogens (tertiary/aromatic N) is 2. The van der Waals surface area contributed by atoms with Crippen LogP contribution in [0.3, 0.4) is 0 Å². The summed E-state index contributed by atoms with van der Waals surface area (Å²) in [4.78, 5) is 19.1. The van der Waals surface area contributed by atoms with Gasteiger partial charge in [-0.3, -0.25) is 4.79 Å². The summed E-state index contributed by atoms with van der Waals surface area (Å²) in [5.74, 6) is 1.58. The number of aromatic nitrogens is 1. The van der Waals surface area contributed by atoms with Crippen molar-refractivity contribution in [2.75, 3.05) is 25.1 Å². The summed E-state index contributed by atoms with van der Waals surface area (Å²) in [7, 11) is 1.64. The van der Waals surface area contributed by atoms with Crippen molar-refractivity contribution in [3.8, 4) is 5.75 Å². The minimum absolute atomic E-state index is 0.0904. The summed E-state index contributed by atoms with van der Waals surface area (Å²) >= 11 is 0. The molecule has 0 fully saturated rings. The first-order valence-electron chi connectivity index (χ1n) is 8.80. The summed E-state index contributed by atoms with van der Waals surface area (Å²) in [6, 6.07) is 11.3. The zero-order valence-electron chi connectivity index (χ0n) is 15.3. The largest absolute Gasteiger partial charge is 0.497 e. The minimum atomic E-state index is -0.0904. The number of amides is 1.